The summed E-state index contributed by atoms with van der Waals surface area (Å²) in [6.45, 7) is 1.99. The Morgan fingerprint density at radius 3 is 2.92 bits per heavy atom. The number of aromatic nitrogens is 1. The van der Waals surface area contributed by atoms with Crippen molar-refractivity contribution in [2.45, 2.75) is 12.6 Å². The number of hydrogen-bond donors (Lipinski definition) is 1. The van der Waals surface area contributed by atoms with Crippen molar-refractivity contribution in [3.63, 3.8) is 0 Å². The van der Waals surface area contributed by atoms with E-state index in [1.807, 2.05) is 24.3 Å². The number of rotatable bonds is 3. The standard InChI is InChI=1S/C18H18N4O2/c19-10-14-3-5-16(6-4-14)17-13-22(8-9-24-17)18(23)21-12-15-2-1-7-20-11-15/h1-7,11,17H,8-9,12-13H2,(H,21,23). The van der Waals surface area contributed by atoms with Crippen LogP contribution in [0.15, 0.2) is 48.8 Å². The average Bonchev–Trinajstić information content (AvgIpc) is 2.67. The summed E-state index contributed by atoms with van der Waals surface area (Å²) in [6.07, 6.45) is 3.27. The summed E-state index contributed by atoms with van der Waals surface area (Å²) in [7, 11) is 0. The number of nitrogens with zero attached hydrogens (tertiary/aromatic N) is 3. The lowest BCUT2D eigenvalue weighted by Crippen LogP contribution is -2.46. The zero-order valence-electron chi connectivity index (χ0n) is 13.2. The van der Waals surface area contributed by atoms with Gasteiger partial charge in [-0.15, -0.1) is 0 Å². The molecule has 3 rings (SSSR count). The van der Waals surface area contributed by atoms with Gasteiger partial charge in [-0.25, -0.2) is 4.79 Å². The molecule has 0 radical (unpaired) electrons. The molecule has 1 fully saturated rings. The van der Waals surface area contributed by atoms with Crippen LogP contribution in [0.2, 0.25) is 0 Å². The molecular weight excluding hydrogens is 304 g/mol. The number of benzene rings is 1. The molecule has 1 aliphatic rings. The molecule has 1 N–H and O–H groups in total. The monoisotopic (exact) mass is 322 g/mol. The van der Waals surface area contributed by atoms with Crippen molar-refractivity contribution in [1.82, 2.24) is 15.2 Å². The molecule has 2 heterocycles. The van der Waals surface area contributed by atoms with Gasteiger partial charge in [-0.1, -0.05) is 18.2 Å². The molecule has 6 nitrogen and oxygen atoms in total. The fourth-order valence-electron chi connectivity index (χ4n) is 2.60. The van der Waals surface area contributed by atoms with Crippen LogP contribution in [0.3, 0.4) is 0 Å². The minimum atomic E-state index is -0.171. The summed E-state index contributed by atoms with van der Waals surface area (Å²) < 4.78 is 5.77. The number of carbonyl (C=O) groups excluding carboxylic acids is 1. The van der Waals surface area contributed by atoms with Crippen LogP contribution in [0, 0.1) is 11.3 Å². The molecule has 0 spiro atoms. The second kappa shape index (κ2) is 7.57. The summed E-state index contributed by atoms with van der Waals surface area (Å²) in [5, 5.41) is 11.8. The molecule has 0 aliphatic carbocycles. The fraction of sp³-hybridized carbons (Fsp3) is 0.278. The van der Waals surface area contributed by atoms with Gasteiger partial charge >= 0.3 is 6.03 Å². The van der Waals surface area contributed by atoms with Crippen molar-refractivity contribution in [3.8, 4) is 6.07 Å². The van der Waals surface area contributed by atoms with Crippen LogP contribution < -0.4 is 5.32 Å². The van der Waals surface area contributed by atoms with Crippen LogP contribution >= 0.6 is 0 Å². The Morgan fingerprint density at radius 1 is 1.38 bits per heavy atom. The number of morpholine rings is 1. The Bertz CT molecular complexity index is 725. The molecule has 1 aromatic heterocycles. The average molecular weight is 322 g/mol. The van der Waals surface area contributed by atoms with Crippen LogP contribution in [0.1, 0.15) is 22.8 Å². The SMILES string of the molecule is N#Cc1ccc(C2CN(C(=O)NCc3cccnc3)CCO2)cc1. The predicted molar refractivity (Wildman–Crippen MR) is 87.9 cm³/mol. The van der Waals surface area contributed by atoms with E-state index in [0.29, 0.717) is 31.8 Å². The lowest BCUT2D eigenvalue weighted by molar-refractivity contribution is -0.0154. The molecule has 1 atom stereocenters. The number of urea groups is 1. The molecule has 2 amide bonds. The maximum absolute atomic E-state index is 12.3. The van der Waals surface area contributed by atoms with Crippen LogP contribution in [-0.2, 0) is 11.3 Å². The van der Waals surface area contributed by atoms with Gasteiger partial charge in [-0.3, -0.25) is 4.98 Å². The summed E-state index contributed by atoms with van der Waals surface area (Å²) in [4.78, 5) is 18.1. The van der Waals surface area contributed by atoms with Gasteiger partial charge in [-0.05, 0) is 29.3 Å². The van der Waals surface area contributed by atoms with Gasteiger partial charge in [0.2, 0.25) is 0 Å². The topological polar surface area (TPSA) is 78.3 Å². The first kappa shape index (κ1) is 16.0. The first-order chi connectivity index (χ1) is 11.8. The minimum Gasteiger partial charge on any atom is -0.370 e. The van der Waals surface area contributed by atoms with Crippen LogP contribution in [0.5, 0.6) is 0 Å². The normalized spacial score (nSPS) is 17.1. The quantitative estimate of drug-likeness (QED) is 0.940. The Balaban J connectivity index is 1.58. The number of nitriles is 1. The lowest BCUT2D eigenvalue weighted by Gasteiger charge is -2.33. The van der Waals surface area contributed by atoms with Gasteiger partial charge < -0.3 is 15.0 Å². The van der Waals surface area contributed by atoms with Crippen LogP contribution in [0.25, 0.3) is 0 Å². The zero-order chi connectivity index (χ0) is 16.8. The largest absolute Gasteiger partial charge is 0.370 e. The lowest BCUT2D eigenvalue weighted by atomic mass is 10.1. The van der Waals surface area contributed by atoms with E-state index in [4.69, 9.17) is 10.00 Å². The van der Waals surface area contributed by atoms with Gasteiger partial charge in [0.05, 0.1) is 24.8 Å². The van der Waals surface area contributed by atoms with E-state index < -0.39 is 0 Å². The van der Waals surface area contributed by atoms with Crippen molar-refractivity contribution < 1.29 is 9.53 Å². The van der Waals surface area contributed by atoms with Crippen molar-refractivity contribution >= 4 is 6.03 Å². The zero-order valence-corrected chi connectivity index (χ0v) is 13.2. The van der Waals surface area contributed by atoms with E-state index in [-0.39, 0.29) is 12.1 Å². The summed E-state index contributed by atoms with van der Waals surface area (Å²) in [5.41, 5.74) is 2.54. The molecule has 1 unspecified atom stereocenters. The van der Waals surface area contributed by atoms with Gasteiger partial charge in [0, 0.05) is 25.5 Å². The van der Waals surface area contributed by atoms with Crippen molar-refractivity contribution in [1.29, 1.82) is 5.26 Å². The Kier molecular flexibility index (Phi) is 5.04. The molecule has 0 bridgehead atoms. The highest BCUT2D eigenvalue weighted by Gasteiger charge is 2.25. The highest BCUT2D eigenvalue weighted by Crippen LogP contribution is 2.22. The van der Waals surface area contributed by atoms with E-state index in [9.17, 15) is 4.79 Å². The van der Waals surface area contributed by atoms with E-state index in [0.717, 1.165) is 11.1 Å². The van der Waals surface area contributed by atoms with Crippen LogP contribution in [0.4, 0.5) is 4.79 Å². The van der Waals surface area contributed by atoms with E-state index in [2.05, 4.69) is 16.4 Å². The summed E-state index contributed by atoms with van der Waals surface area (Å²) >= 11 is 0. The highest BCUT2D eigenvalue weighted by atomic mass is 16.5. The molecule has 0 saturated carbocycles. The molecule has 6 heteroatoms. The van der Waals surface area contributed by atoms with E-state index in [1.54, 1.807) is 29.4 Å². The summed E-state index contributed by atoms with van der Waals surface area (Å²) in [6, 6.07) is 13.0. The van der Waals surface area contributed by atoms with Gasteiger partial charge in [0.15, 0.2) is 0 Å². The highest BCUT2D eigenvalue weighted by molar-refractivity contribution is 5.74. The second-order valence-electron chi connectivity index (χ2n) is 5.56. The third-order valence-electron chi connectivity index (χ3n) is 3.93. The Labute approximate surface area is 140 Å². The van der Waals surface area contributed by atoms with E-state index >= 15 is 0 Å². The van der Waals surface area contributed by atoms with Gasteiger partial charge in [-0.2, -0.15) is 5.26 Å². The second-order valence-corrected chi connectivity index (χ2v) is 5.56. The molecule has 1 aromatic carbocycles. The first-order valence-electron chi connectivity index (χ1n) is 7.79. The number of amides is 2. The van der Waals surface area contributed by atoms with Crippen molar-refractivity contribution in [3.05, 3.63) is 65.5 Å². The maximum Gasteiger partial charge on any atom is 0.317 e. The smallest absolute Gasteiger partial charge is 0.317 e. The van der Waals surface area contributed by atoms with Gasteiger partial charge in [0.25, 0.3) is 0 Å². The molecule has 1 aliphatic heterocycles. The third kappa shape index (κ3) is 3.89. The number of ether oxygens (including phenoxy) is 1. The molecule has 2 aromatic rings. The van der Waals surface area contributed by atoms with Crippen molar-refractivity contribution in [2.75, 3.05) is 19.7 Å². The minimum absolute atomic E-state index is 0.110. The molecule has 24 heavy (non-hydrogen) atoms. The Hall–Kier alpha value is -2.91. The third-order valence-corrected chi connectivity index (χ3v) is 3.93. The summed E-state index contributed by atoms with van der Waals surface area (Å²) in [5.74, 6) is 0. The fourth-order valence-corrected chi connectivity index (χ4v) is 2.60. The molecular formula is C18H18N4O2. The van der Waals surface area contributed by atoms with Crippen LogP contribution in [-0.4, -0.2) is 35.6 Å². The number of carbonyl (C=O) groups is 1. The number of hydrogen-bond acceptors (Lipinski definition) is 4. The predicted octanol–water partition coefficient (Wildman–Crippen LogP) is 2.24. The van der Waals surface area contributed by atoms with Crippen molar-refractivity contribution in [2.24, 2.45) is 0 Å². The maximum atomic E-state index is 12.3. The first-order valence-corrected chi connectivity index (χ1v) is 7.79. The molecule has 122 valence electrons. The number of nitrogens with one attached hydrogen (secondary N) is 1. The molecule has 1 saturated heterocycles. The Morgan fingerprint density at radius 2 is 2.21 bits per heavy atom. The number of pyridine rings is 1. The van der Waals surface area contributed by atoms with Gasteiger partial charge in [0.1, 0.15) is 6.10 Å². The van der Waals surface area contributed by atoms with E-state index in [1.165, 1.54) is 0 Å².